The molecule has 5 rings (SSSR count). The van der Waals surface area contributed by atoms with Crippen LogP contribution in [0.4, 0.5) is 0 Å². The normalized spacial score (nSPS) is 17.4. The Morgan fingerprint density at radius 3 is 2.65 bits per heavy atom. The fourth-order valence-electron chi connectivity index (χ4n) is 6.07. The van der Waals surface area contributed by atoms with Crippen molar-refractivity contribution in [3.63, 3.8) is 0 Å². The summed E-state index contributed by atoms with van der Waals surface area (Å²) in [5.74, 6) is -0.449. The summed E-state index contributed by atoms with van der Waals surface area (Å²) in [7, 11) is 0. The van der Waals surface area contributed by atoms with Crippen molar-refractivity contribution in [2.24, 2.45) is 5.92 Å². The Labute approximate surface area is 240 Å². The van der Waals surface area contributed by atoms with Gasteiger partial charge in [0, 0.05) is 25.2 Å². The van der Waals surface area contributed by atoms with Gasteiger partial charge in [0.05, 0.1) is 16.1 Å². The van der Waals surface area contributed by atoms with Crippen molar-refractivity contribution in [3.8, 4) is 10.4 Å². The van der Waals surface area contributed by atoms with E-state index >= 15 is 0 Å². The number of carbonyl (C=O) groups is 3. The van der Waals surface area contributed by atoms with Crippen LogP contribution in [0.3, 0.4) is 0 Å². The summed E-state index contributed by atoms with van der Waals surface area (Å²) in [5, 5.41) is 3.13. The van der Waals surface area contributed by atoms with Crippen LogP contribution in [-0.2, 0) is 29.1 Å². The van der Waals surface area contributed by atoms with E-state index in [1.54, 1.807) is 21.1 Å². The third-order valence-electron chi connectivity index (χ3n) is 8.09. The summed E-state index contributed by atoms with van der Waals surface area (Å²) in [5.41, 5.74) is 7.98. The van der Waals surface area contributed by atoms with Crippen LogP contribution in [0, 0.1) is 12.8 Å². The Morgan fingerprint density at radius 2 is 1.95 bits per heavy atom. The van der Waals surface area contributed by atoms with Crippen molar-refractivity contribution < 1.29 is 14.4 Å². The van der Waals surface area contributed by atoms with Crippen LogP contribution in [0.2, 0.25) is 0 Å². The largest absolute Gasteiger partial charge is 0.350 e. The van der Waals surface area contributed by atoms with Crippen molar-refractivity contribution in [1.29, 1.82) is 0 Å². The highest BCUT2D eigenvalue weighted by Crippen LogP contribution is 2.31. The van der Waals surface area contributed by atoms with Crippen LogP contribution in [0.15, 0.2) is 48.0 Å². The van der Waals surface area contributed by atoms with E-state index in [9.17, 15) is 14.4 Å². The fraction of sp³-hybridized carbons (Fsp3) is 0.438. The molecule has 1 N–H and O–H groups in total. The first-order valence-electron chi connectivity index (χ1n) is 14.3. The average Bonchev–Trinajstić information content (AvgIpc) is 3.67. The van der Waals surface area contributed by atoms with Gasteiger partial charge in [-0.1, -0.05) is 57.5 Å². The highest BCUT2D eigenvalue weighted by Gasteiger charge is 2.43. The number of thiazole rings is 1. The van der Waals surface area contributed by atoms with E-state index in [0.717, 1.165) is 41.6 Å². The molecule has 0 spiro atoms. The molecule has 3 amide bonds. The Morgan fingerprint density at radius 1 is 1.15 bits per heavy atom. The average molecular weight is 559 g/mol. The maximum absolute atomic E-state index is 13.9. The maximum Gasteiger partial charge on any atom is 0.255 e. The molecule has 7 nitrogen and oxygen atoms in total. The molecule has 2 aromatic carbocycles. The lowest BCUT2D eigenvalue weighted by Crippen LogP contribution is -2.55. The van der Waals surface area contributed by atoms with E-state index in [0.29, 0.717) is 31.6 Å². The van der Waals surface area contributed by atoms with Crippen LogP contribution >= 0.6 is 11.3 Å². The molecule has 2 aliphatic rings. The summed E-state index contributed by atoms with van der Waals surface area (Å²) < 4.78 is 0. The number of nitrogens with one attached hydrogen (secondary N) is 1. The number of fused-ring (bicyclic) bond motifs is 1. The highest BCUT2D eigenvalue weighted by atomic mass is 32.1. The van der Waals surface area contributed by atoms with Gasteiger partial charge in [0.25, 0.3) is 5.91 Å². The zero-order chi connectivity index (χ0) is 28.4. The minimum absolute atomic E-state index is 0.0765. The van der Waals surface area contributed by atoms with Crippen molar-refractivity contribution in [1.82, 2.24) is 20.1 Å². The summed E-state index contributed by atoms with van der Waals surface area (Å²) in [6.45, 7) is 9.49. The number of hydrogen-bond acceptors (Lipinski definition) is 5. The van der Waals surface area contributed by atoms with Gasteiger partial charge in [-0.25, -0.2) is 4.98 Å². The van der Waals surface area contributed by atoms with E-state index in [1.165, 1.54) is 10.4 Å². The zero-order valence-electron chi connectivity index (χ0n) is 23.8. The second-order valence-corrected chi connectivity index (χ2v) is 12.0. The molecule has 3 aromatic rings. The number of carbonyl (C=O) groups excluding carboxylic acids is 3. The predicted octanol–water partition coefficient (Wildman–Crippen LogP) is 5.36. The van der Waals surface area contributed by atoms with Gasteiger partial charge in [-0.05, 0) is 66.5 Å². The lowest BCUT2D eigenvalue weighted by molar-refractivity contribution is -0.143. The molecule has 40 heavy (non-hydrogen) atoms. The number of aromatic nitrogens is 1. The first kappa shape index (κ1) is 28.0. The standard InChI is InChI=1S/C32H38N4O3S/c1-5-9-22-16-23(29-21(4)34-19-40-29)13-14-24(22)17-33-30(37)27-12-8-15-35(27)32(39)28(20(2)3)36-18-25-10-6-7-11-26(25)31(36)38/h6-7,10-11,13-14,16,19-20,27-28H,5,8-9,12,15,17-18H2,1-4H3,(H,33,37). The van der Waals surface area contributed by atoms with E-state index in [-0.39, 0.29) is 23.6 Å². The Balaban J connectivity index is 1.29. The smallest absolute Gasteiger partial charge is 0.255 e. The fourth-order valence-corrected chi connectivity index (χ4v) is 6.88. The van der Waals surface area contributed by atoms with Gasteiger partial charge < -0.3 is 15.1 Å². The minimum atomic E-state index is -0.604. The van der Waals surface area contributed by atoms with Crippen LogP contribution in [-0.4, -0.2) is 51.1 Å². The van der Waals surface area contributed by atoms with Crippen molar-refractivity contribution in [2.45, 2.75) is 78.6 Å². The molecular weight excluding hydrogens is 520 g/mol. The van der Waals surface area contributed by atoms with Crippen molar-refractivity contribution >= 4 is 29.1 Å². The van der Waals surface area contributed by atoms with Crippen LogP contribution < -0.4 is 5.32 Å². The van der Waals surface area contributed by atoms with Crippen LogP contribution in [0.5, 0.6) is 0 Å². The van der Waals surface area contributed by atoms with Crippen LogP contribution in [0.25, 0.3) is 10.4 Å². The highest BCUT2D eigenvalue weighted by molar-refractivity contribution is 7.13. The molecule has 2 unspecified atom stereocenters. The number of nitrogens with zero attached hydrogens (tertiary/aromatic N) is 3. The lowest BCUT2D eigenvalue weighted by Gasteiger charge is -2.35. The summed E-state index contributed by atoms with van der Waals surface area (Å²) in [4.78, 5) is 49.6. The van der Waals surface area contributed by atoms with Gasteiger partial charge >= 0.3 is 0 Å². The number of amides is 3. The van der Waals surface area contributed by atoms with Crippen molar-refractivity contribution in [2.75, 3.05) is 6.54 Å². The molecule has 2 aliphatic heterocycles. The van der Waals surface area contributed by atoms with Gasteiger partial charge in [-0.2, -0.15) is 0 Å². The summed E-state index contributed by atoms with van der Waals surface area (Å²) in [6.07, 6.45) is 3.33. The second kappa shape index (κ2) is 11.9. The van der Waals surface area contributed by atoms with Crippen LogP contribution in [0.1, 0.15) is 72.8 Å². The number of aryl methyl sites for hydroxylation is 2. The van der Waals surface area contributed by atoms with Gasteiger partial charge in [0.1, 0.15) is 12.1 Å². The predicted molar refractivity (Wildman–Crippen MR) is 158 cm³/mol. The monoisotopic (exact) mass is 558 g/mol. The first-order chi connectivity index (χ1) is 19.3. The number of hydrogen-bond donors (Lipinski definition) is 1. The van der Waals surface area contributed by atoms with E-state index in [2.05, 4.69) is 35.4 Å². The quantitative estimate of drug-likeness (QED) is 0.383. The lowest BCUT2D eigenvalue weighted by atomic mass is 9.98. The van der Waals surface area contributed by atoms with Gasteiger partial charge in [-0.3, -0.25) is 14.4 Å². The SMILES string of the molecule is CCCc1cc(-c2scnc2C)ccc1CNC(=O)C1CCCN1C(=O)C(C(C)C)N1Cc2ccccc2C1=O. The third-order valence-corrected chi connectivity index (χ3v) is 9.07. The molecule has 0 radical (unpaired) electrons. The number of rotatable bonds is 9. The van der Waals surface area contributed by atoms with E-state index in [1.807, 2.05) is 50.5 Å². The maximum atomic E-state index is 13.9. The first-order valence-corrected chi connectivity index (χ1v) is 15.2. The minimum Gasteiger partial charge on any atom is -0.350 e. The molecule has 1 saturated heterocycles. The molecule has 210 valence electrons. The number of likely N-dealkylation sites (tertiary alicyclic amines) is 1. The molecule has 0 saturated carbocycles. The van der Waals surface area contributed by atoms with E-state index < -0.39 is 12.1 Å². The van der Waals surface area contributed by atoms with Gasteiger partial charge in [0.2, 0.25) is 11.8 Å². The Hall–Kier alpha value is -3.52. The molecular formula is C32H38N4O3S. The Bertz CT molecular complexity index is 1410. The topological polar surface area (TPSA) is 82.6 Å². The molecule has 8 heteroatoms. The second-order valence-electron chi connectivity index (χ2n) is 11.2. The van der Waals surface area contributed by atoms with Crippen molar-refractivity contribution in [3.05, 3.63) is 75.9 Å². The summed E-state index contributed by atoms with van der Waals surface area (Å²) >= 11 is 1.64. The molecule has 2 atom stereocenters. The molecule has 0 bridgehead atoms. The number of benzene rings is 2. The van der Waals surface area contributed by atoms with E-state index in [4.69, 9.17) is 0 Å². The third kappa shape index (κ3) is 5.42. The molecule has 1 fully saturated rings. The zero-order valence-corrected chi connectivity index (χ0v) is 24.6. The van der Waals surface area contributed by atoms with Gasteiger partial charge in [0.15, 0.2) is 0 Å². The van der Waals surface area contributed by atoms with Gasteiger partial charge in [-0.15, -0.1) is 11.3 Å². The molecule has 1 aromatic heterocycles. The molecule has 0 aliphatic carbocycles. The molecule has 3 heterocycles. The Kier molecular flexibility index (Phi) is 8.35. The summed E-state index contributed by atoms with van der Waals surface area (Å²) in [6, 6.07) is 12.8.